The van der Waals surface area contributed by atoms with Gasteiger partial charge in [0.05, 0.1) is 23.1 Å². The minimum absolute atomic E-state index is 0.0964. The van der Waals surface area contributed by atoms with E-state index in [1.165, 1.54) is 11.0 Å². The molecule has 114 valence electrons. The van der Waals surface area contributed by atoms with Crippen molar-refractivity contribution < 1.29 is 18.0 Å². The van der Waals surface area contributed by atoms with Crippen LogP contribution in [0.2, 0.25) is 0 Å². The van der Waals surface area contributed by atoms with E-state index in [0.29, 0.717) is 0 Å². The number of halogens is 4. The molecular weight excluding hydrogens is 349 g/mol. The molecule has 0 saturated heterocycles. The molecule has 1 aromatic carbocycles. The molecule has 0 aromatic heterocycles. The maximum atomic E-state index is 13.0. The van der Waals surface area contributed by atoms with E-state index in [-0.39, 0.29) is 17.6 Å². The van der Waals surface area contributed by atoms with Gasteiger partial charge in [-0.25, -0.2) is 0 Å². The molecule has 0 radical (unpaired) electrons. The molecule has 3 nitrogen and oxygen atoms in total. The monoisotopic (exact) mass is 362 g/mol. The second-order valence-electron chi connectivity index (χ2n) is 4.56. The first-order chi connectivity index (χ1) is 9.70. The van der Waals surface area contributed by atoms with Crippen LogP contribution in [0, 0.1) is 17.2 Å². The van der Waals surface area contributed by atoms with E-state index < -0.39 is 29.1 Å². The maximum absolute atomic E-state index is 13.0. The Kier molecular flexibility index (Phi) is 5.78. The third-order valence-corrected chi connectivity index (χ3v) is 3.39. The fourth-order valence-corrected chi connectivity index (χ4v) is 2.20. The molecule has 1 unspecified atom stereocenters. The molecule has 1 amide bonds. The van der Waals surface area contributed by atoms with E-state index in [9.17, 15) is 18.0 Å². The summed E-state index contributed by atoms with van der Waals surface area (Å²) in [5.74, 6) is -1.17. The second kappa shape index (κ2) is 6.94. The summed E-state index contributed by atoms with van der Waals surface area (Å²) in [6, 6.07) is 5.39. The molecule has 1 atom stereocenters. The lowest BCUT2D eigenvalue weighted by atomic mass is 10.0. The molecule has 0 aliphatic rings. The first-order valence-corrected chi connectivity index (χ1v) is 7.05. The summed E-state index contributed by atoms with van der Waals surface area (Å²) in [4.78, 5) is 13.5. The van der Waals surface area contributed by atoms with Crippen molar-refractivity contribution in [2.75, 3.05) is 13.1 Å². The zero-order valence-corrected chi connectivity index (χ0v) is 13.1. The van der Waals surface area contributed by atoms with Gasteiger partial charge in [0.2, 0.25) is 0 Å². The zero-order valence-electron chi connectivity index (χ0n) is 11.5. The molecule has 7 heteroatoms. The van der Waals surface area contributed by atoms with E-state index in [1.807, 2.05) is 6.07 Å². The van der Waals surface area contributed by atoms with E-state index in [2.05, 4.69) is 15.9 Å². The summed E-state index contributed by atoms with van der Waals surface area (Å²) in [5, 5.41) is 8.78. The quantitative estimate of drug-likeness (QED) is 0.809. The lowest BCUT2D eigenvalue weighted by Gasteiger charge is -2.23. The van der Waals surface area contributed by atoms with E-state index in [4.69, 9.17) is 5.26 Å². The van der Waals surface area contributed by atoms with Crippen LogP contribution in [0.25, 0.3) is 0 Å². The van der Waals surface area contributed by atoms with Gasteiger partial charge in [0.25, 0.3) is 5.91 Å². The lowest BCUT2D eigenvalue weighted by molar-refractivity contribution is -0.138. The maximum Gasteiger partial charge on any atom is 0.417 e. The van der Waals surface area contributed by atoms with Gasteiger partial charge in [0.1, 0.15) is 0 Å². The fraction of sp³-hybridized carbons (Fsp3) is 0.429. The average molecular weight is 363 g/mol. The SMILES string of the molecule is CCN(CC(C)C#N)C(=O)c1ccc(Br)cc1C(F)(F)F. The van der Waals surface area contributed by atoms with Crippen molar-refractivity contribution in [3.8, 4) is 6.07 Å². The lowest BCUT2D eigenvalue weighted by Crippen LogP contribution is -2.35. The van der Waals surface area contributed by atoms with Crippen molar-refractivity contribution in [1.29, 1.82) is 5.26 Å². The average Bonchev–Trinajstić information content (AvgIpc) is 2.42. The minimum Gasteiger partial charge on any atom is -0.338 e. The Balaban J connectivity index is 3.20. The van der Waals surface area contributed by atoms with Gasteiger partial charge < -0.3 is 4.90 Å². The number of carbonyl (C=O) groups is 1. The van der Waals surface area contributed by atoms with Gasteiger partial charge in [-0.2, -0.15) is 18.4 Å². The molecule has 0 heterocycles. The van der Waals surface area contributed by atoms with Crippen LogP contribution in [0.3, 0.4) is 0 Å². The Morgan fingerprint density at radius 1 is 1.48 bits per heavy atom. The normalized spacial score (nSPS) is 12.6. The number of nitriles is 1. The number of amides is 1. The highest BCUT2D eigenvalue weighted by atomic mass is 79.9. The third kappa shape index (κ3) is 4.46. The highest BCUT2D eigenvalue weighted by Gasteiger charge is 2.36. The van der Waals surface area contributed by atoms with Crippen LogP contribution in [0.5, 0.6) is 0 Å². The Hall–Kier alpha value is -1.55. The number of nitrogens with zero attached hydrogens (tertiary/aromatic N) is 2. The summed E-state index contributed by atoms with van der Waals surface area (Å²) in [6.45, 7) is 3.60. The standard InChI is InChI=1S/C14H14BrF3N2O/c1-3-20(8-9(2)7-19)13(21)11-5-4-10(15)6-12(11)14(16,17)18/h4-6,9H,3,8H2,1-2H3. The molecule has 0 bridgehead atoms. The van der Waals surface area contributed by atoms with Gasteiger partial charge in [0.15, 0.2) is 0 Å². The summed E-state index contributed by atoms with van der Waals surface area (Å²) in [7, 11) is 0. The Morgan fingerprint density at radius 2 is 2.10 bits per heavy atom. The fourth-order valence-electron chi connectivity index (χ4n) is 1.83. The van der Waals surface area contributed by atoms with Gasteiger partial charge in [-0.1, -0.05) is 15.9 Å². The molecule has 0 saturated carbocycles. The van der Waals surface area contributed by atoms with Gasteiger partial charge in [-0.3, -0.25) is 4.79 Å². The summed E-state index contributed by atoms with van der Waals surface area (Å²) in [6.07, 6.45) is -4.62. The second-order valence-corrected chi connectivity index (χ2v) is 5.48. The highest BCUT2D eigenvalue weighted by molar-refractivity contribution is 9.10. The molecule has 0 aliphatic heterocycles. The Morgan fingerprint density at radius 3 is 2.57 bits per heavy atom. The van der Waals surface area contributed by atoms with Crippen LogP contribution in [-0.2, 0) is 6.18 Å². The predicted molar refractivity (Wildman–Crippen MR) is 75.5 cm³/mol. The molecule has 1 rings (SSSR count). The van der Waals surface area contributed by atoms with Crippen LogP contribution >= 0.6 is 15.9 Å². The minimum atomic E-state index is -4.62. The summed E-state index contributed by atoms with van der Waals surface area (Å²) < 4.78 is 39.4. The molecule has 21 heavy (non-hydrogen) atoms. The largest absolute Gasteiger partial charge is 0.417 e. The first kappa shape index (κ1) is 17.5. The van der Waals surface area contributed by atoms with Crippen LogP contribution in [0.15, 0.2) is 22.7 Å². The van der Waals surface area contributed by atoms with Crippen molar-refractivity contribution in [1.82, 2.24) is 4.90 Å². The smallest absolute Gasteiger partial charge is 0.338 e. The number of hydrogen-bond acceptors (Lipinski definition) is 2. The van der Waals surface area contributed by atoms with Gasteiger partial charge in [-0.05, 0) is 32.0 Å². The topological polar surface area (TPSA) is 44.1 Å². The number of benzene rings is 1. The van der Waals surface area contributed by atoms with Gasteiger partial charge in [-0.15, -0.1) is 0 Å². The number of alkyl halides is 3. The number of rotatable bonds is 4. The molecule has 0 N–H and O–H groups in total. The first-order valence-electron chi connectivity index (χ1n) is 6.26. The van der Waals surface area contributed by atoms with E-state index >= 15 is 0 Å². The summed E-state index contributed by atoms with van der Waals surface area (Å²) >= 11 is 2.98. The number of carbonyl (C=O) groups excluding carboxylic acids is 1. The van der Waals surface area contributed by atoms with Crippen LogP contribution < -0.4 is 0 Å². The van der Waals surface area contributed by atoms with Crippen molar-refractivity contribution in [3.05, 3.63) is 33.8 Å². The van der Waals surface area contributed by atoms with Crippen molar-refractivity contribution >= 4 is 21.8 Å². The molecule has 0 spiro atoms. The Bertz CT molecular complexity index is 566. The van der Waals surface area contributed by atoms with Crippen LogP contribution in [0.1, 0.15) is 29.8 Å². The summed E-state index contributed by atoms with van der Waals surface area (Å²) in [5.41, 5.74) is -1.39. The van der Waals surface area contributed by atoms with Gasteiger partial charge in [0, 0.05) is 17.6 Å². The van der Waals surface area contributed by atoms with Crippen LogP contribution in [-0.4, -0.2) is 23.9 Å². The number of hydrogen-bond donors (Lipinski definition) is 0. The molecule has 1 aromatic rings. The molecular formula is C14H14BrF3N2O. The van der Waals surface area contributed by atoms with Crippen molar-refractivity contribution in [2.24, 2.45) is 5.92 Å². The van der Waals surface area contributed by atoms with E-state index in [0.717, 1.165) is 12.1 Å². The highest BCUT2D eigenvalue weighted by Crippen LogP contribution is 2.34. The van der Waals surface area contributed by atoms with E-state index in [1.54, 1.807) is 13.8 Å². The van der Waals surface area contributed by atoms with Crippen LogP contribution in [0.4, 0.5) is 13.2 Å². The predicted octanol–water partition coefficient (Wildman–Crippen LogP) is 4.09. The molecule has 0 aliphatic carbocycles. The third-order valence-electron chi connectivity index (χ3n) is 2.90. The molecule has 0 fully saturated rings. The zero-order chi connectivity index (χ0) is 16.2. The van der Waals surface area contributed by atoms with Crippen molar-refractivity contribution in [3.63, 3.8) is 0 Å². The van der Waals surface area contributed by atoms with Crippen molar-refractivity contribution in [2.45, 2.75) is 20.0 Å². The van der Waals surface area contributed by atoms with Gasteiger partial charge >= 0.3 is 6.18 Å². The Labute approximate surface area is 129 Å².